The highest BCUT2D eigenvalue weighted by Gasteiger charge is 2.13. The Morgan fingerprint density at radius 3 is 2.65 bits per heavy atom. The number of carbonyl (C=O) groups excluding carboxylic acids is 1. The lowest BCUT2D eigenvalue weighted by molar-refractivity contribution is -0.123. The van der Waals surface area contributed by atoms with Crippen molar-refractivity contribution in [2.45, 2.75) is 6.54 Å². The summed E-state index contributed by atoms with van der Waals surface area (Å²) in [4.78, 5) is 11.8. The largest absolute Gasteiger partial charge is 0.481 e. The normalized spacial score (nSPS) is 10.6. The molecule has 0 bridgehead atoms. The maximum absolute atomic E-state index is 13.7. The maximum Gasteiger partial charge on any atom is 0.258 e. The molecule has 8 heteroatoms. The van der Waals surface area contributed by atoms with Crippen LogP contribution in [0.2, 0.25) is 0 Å². The van der Waals surface area contributed by atoms with E-state index in [0.717, 1.165) is 12.1 Å². The molecule has 3 aromatic rings. The summed E-state index contributed by atoms with van der Waals surface area (Å²) in [5.74, 6) is -2.47. The van der Waals surface area contributed by atoms with E-state index >= 15 is 0 Å². The Morgan fingerprint density at radius 2 is 1.88 bits per heavy atom. The van der Waals surface area contributed by atoms with Gasteiger partial charge < -0.3 is 14.6 Å². The van der Waals surface area contributed by atoms with E-state index in [9.17, 15) is 18.0 Å². The second kappa shape index (κ2) is 7.73. The molecule has 5 nitrogen and oxygen atoms in total. The summed E-state index contributed by atoms with van der Waals surface area (Å²) in [5.41, 5.74) is 0.391. The van der Waals surface area contributed by atoms with E-state index in [1.165, 1.54) is 30.3 Å². The molecule has 2 aromatic carbocycles. The van der Waals surface area contributed by atoms with Crippen LogP contribution in [0.1, 0.15) is 5.69 Å². The first-order valence-electron chi connectivity index (χ1n) is 7.58. The molecule has 3 rings (SSSR count). The lowest BCUT2D eigenvalue weighted by Crippen LogP contribution is -2.28. The summed E-state index contributed by atoms with van der Waals surface area (Å²) < 4.78 is 50.1. The summed E-state index contributed by atoms with van der Waals surface area (Å²) in [5, 5.41) is 6.22. The van der Waals surface area contributed by atoms with E-state index < -0.39 is 23.4 Å². The highest BCUT2D eigenvalue weighted by Crippen LogP contribution is 2.24. The average molecular weight is 362 g/mol. The van der Waals surface area contributed by atoms with Crippen LogP contribution in [0.15, 0.2) is 53.1 Å². The molecule has 0 atom stereocenters. The molecule has 0 unspecified atom stereocenters. The number of carbonyl (C=O) groups is 1. The molecule has 0 saturated heterocycles. The number of benzene rings is 2. The van der Waals surface area contributed by atoms with Crippen LogP contribution in [0.25, 0.3) is 11.3 Å². The van der Waals surface area contributed by atoms with Gasteiger partial charge in [-0.05, 0) is 24.3 Å². The number of nitrogens with one attached hydrogen (secondary N) is 1. The van der Waals surface area contributed by atoms with Crippen LogP contribution in [-0.2, 0) is 11.3 Å². The highest BCUT2D eigenvalue weighted by atomic mass is 19.1. The van der Waals surface area contributed by atoms with Crippen molar-refractivity contribution >= 4 is 5.91 Å². The zero-order valence-electron chi connectivity index (χ0n) is 13.3. The predicted octanol–water partition coefficient (Wildman–Crippen LogP) is 3.45. The zero-order chi connectivity index (χ0) is 18.5. The molecule has 0 aliphatic heterocycles. The Bertz CT molecular complexity index is 928. The van der Waals surface area contributed by atoms with Gasteiger partial charge in [-0.15, -0.1) is 0 Å². The number of amides is 1. The van der Waals surface area contributed by atoms with Crippen LogP contribution in [0.3, 0.4) is 0 Å². The SMILES string of the molecule is O=C(COc1ccccc1F)NCc1cc(-c2ccc(F)cc2F)on1. The van der Waals surface area contributed by atoms with E-state index in [1.54, 1.807) is 6.07 Å². The molecule has 1 N–H and O–H groups in total. The Kier molecular flexibility index (Phi) is 5.21. The van der Waals surface area contributed by atoms with Gasteiger partial charge in [0, 0.05) is 12.1 Å². The molecule has 1 amide bonds. The molecule has 0 fully saturated rings. The standard InChI is InChI=1S/C18H13F3N2O3/c19-11-5-6-13(15(21)7-11)17-8-12(23-26-17)9-22-18(24)10-25-16-4-2-1-3-14(16)20/h1-8H,9-10H2,(H,22,24). The van der Waals surface area contributed by atoms with E-state index in [1.807, 2.05) is 0 Å². The minimum absolute atomic E-state index is 0.00573. The third-order valence-electron chi connectivity index (χ3n) is 3.42. The number of hydrogen-bond acceptors (Lipinski definition) is 4. The fourth-order valence-electron chi connectivity index (χ4n) is 2.16. The highest BCUT2D eigenvalue weighted by molar-refractivity contribution is 5.77. The van der Waals surface area contributed by atoms with E-state index in [0.29, 0.717) is 5.69 Å². The van der Waals surface area contributed by atoms with Crippen molar-refractivity contribution in [3.05, 3.63) is 71.7 Å². The number of ether oxygens (including phenoxy) is 1. The van der Waals surface area contributed by atoms with Gasteiger partial charge in [0.05, 0.1) is 12.1 Å². The van der Waals surface area contributed by atoms with Crippen molar-refractivity contribution in [3.63, 3.8) is 0 Å². The van der Waals surface area contributed by atoms with Gasteiger partial charge in [0.2, 0.25) is 0 Å². The quantitative estimate of drug-likeness (QED) is 0.729. The molecule has 134 valence electrons. The van der Waals surface area contributed by atoms with Crippen LogP contribution >= 0.6 is 0 Å². The van der Waals surface area contributed by atoms with Crippen molar-refractivity contribution < 1.29 is 27.2 Å². The molecule has 0 radical (unpaired) electrons. The third-order valence-corrected chi connectivity index (χ3v) is 3.42. The summed E-state index contributed by atoms with van der Waals surface area (Å²) >= 11 is 0. The van der Waals surface area contributed by atoms with Crippen LogP contribution in [0, 0.1) is 17.5 Å². The summed E-state index contributed by atoms with van der Waals surface area (Å²) in [6.45, 7) is -0.371. The van der Waals surface area contributed by atoms with E-state index in [2.05, 4.69) is 10.5 Å². The zero-order valence-corrected chi connectivity index (χ0v) is 13.3. The molecule has 0 saturated carbocycles. The van der Waals surface area contributed by atoms with Crippen LogP contribution in [0.5, 0.6) is 5.75 Å². The van der Waals surface area contributed by atoms with Crippen molar-refractivity contribution in [2.24, 2.45) is 0 Å². The van der Waals surface area contributed by atoms with Gasteiger partial charge in [-0.3, -0.25) is 4.79 Å². The smallest absolute Gasteiger partial charge is 0.258 e. The lowest BCUT2D eigenvalue weighted by atomic mass is 10.1. The minimum atomic E-state index is -0.782. The van der Waals surface area contributed by atoms with Gasteiger partial charge in [-0.1, -0.05) is 17.3 Å². The molecule has 0 spiro atoms. The minimum Gasteiger partial charge on any atom is -0.481 e. The second-order valence-electron chi connectivity index (χ2n) is 5.30. The summed E-state index contributed by atoms with van der Waals surface area (Å²) in [7, 11) is 0. The van der Waals surface area contributed by atoms with Crippen LogP contribution in [-0.4, -0.2) is 17.7 Å². The number of aromatic nitrogens is 1. The number of nitrogens with zero attached hydrogens (tertiary/aromatic N) is 1. The molecule has 26 heavy (non-hydrogen) atoms. The molecule has 0 aliphatic rings. The Hall–Kier alpha value is -3.29. The first-order valence-corrected chi connectivity index (χ1v) is 7.58. The monoisotopic (exact) mass is 362 g/mol. The van der Waals surface area contributed by atoms with Gasteiger partial charge in [0.15, 0.2) is 23.9 Å². The fourth-order valence-corrected chi connectivity index (χ4v) is 2.16. The predicted molar refractivity (Wildman–Crippen MR) is 85.6 cm³/mol. The van der Waals surface area contributed by atoms with Gasteiger partial charge >= 0.3 is 0 Å². The number of para-hydroxylation sites is 1. The van der Waals surface area contributed by atoms with Gasteiger partial charge in [0.25, 0.3) is 5.91 Å². The number of halogens is 3. The number of hydrogen-bond donors (Lipinski definition) is 1. The van der Waals surface area contributed by atoms with Crippen LogP contribution < -0.4 is 10.1 Å². The molecule has 1 aromatic heterocycles. The summed E-state index contributed by atoms with van der Waals surface area (Å²) in [6, 6.07) is 10.2. The first kappa shape index (κ1) is 17.5. The van der Waals surface area contributed by atoms with Gasteiger partial charge in [0.1, 0.15) is 17.3 Å². The van der Waals surface area contributed by atoms with Gasteiger partial charge in [-0.2, -0.15) is 0 Å². The molecule has 1 heterocycles. The van der Waals surface area contributed by atoms with Crippen LogP contribution in [0.4, 0.5) is 13.2 Å². The second-order valence-corrected chi connectivity index (χ2v) is 5.30. The third kappa shape index (κ3) is 4.21. The fraction of sp³-hybridized carbons (Fsp3) is 0.111. The first-order chi connectivity index (χ1) is 12.5. The molecular weight excluding hydrogens is 349 g/mol. The molecule has 0 aliphatic carbocycles. The van der Waals surface area contributed by atoms with Crippen molar-refractivity contribution in [2.75, 3.05) is 6.61 Å². The van der Waals surface area contributed by atoms with Crippen molar-refractivity contribution in [1.29, 1.82) is 0 Å². The average Bonchev–Trinajstić information content (AvgIpc) is 3.08. The number of rotatable bonds is 6. The Balaban J connectivity index is 1.54. The molecular formula is C18H13F3N2O3. The summed E-state index contributed by atoms with van der Waals surface area (Å²) in [6.07, 6.45) is 0. The Morgan fingerprint density at radius 1 is 1.08 bits per heavy atom. The Labute approximate surface area is 146 Å². The van der Waals surface area contributed by atoms with Gasteiger partial charge in [-0.25, -0.2) is 13.2 Å². The lowest BCUT2D eigenvalue weighted by Gasteiger charge is -2.06. The van der Waals surface area contributed by atoms with Crippen molar-refractivity contribution in [1.82, 2.24) is 10.5 Å². The topological polar surface area (TPSA) is 64.4 Å². The van der Waals surface area contributed by atoms with Crippen molar-refractivity contribution in [3.8, 4) is 17.1 Å². The van der Waals surface area contributed by atoms with E-state index in [4.69, 9.17) is 9.26 Å². The van der Waals surface area contributed by atoms with E-state index in [-0.39, 0.29) is 30.2 Å². The maximum atomic E-state index is 13.7.